The molecular weight excluding hydrogens is 400 g/mol. The zero-order chi connectivity index (χ0) is 21.6. The summed E-state index contributed by atoms with van der Waals surface area (Å²) in [7, 11) is -3.63. The predicted molar refractivity (Wildman–Crippen MR) is 104 cm³/mol. The van der Waals surface area contributed by atoms with Gasteiger partial charge in [0.15, 0.2) is 9.84 Å². The quantitative estimate of drug-likeness (QED) is 0.601. The molecule has 2 amide bonds. The average Bonchev–Trinajstić information content (AvgIpc) is 2.64. The van der Waals surface area contributed by atoms with E-state index in [1.807, 2.05) is 6.92 Å². The molecule has 0 radical (unpaired) electrons. The number of aryl methyl sites for hydroxylation is 1. The van der Waals surface area contributed by atoms with Crippen molar-refractivity contribution in [3.05, 3.63) is 41.1 Å². The van der Waals surface area contributed by atoms with E-state index in [1.165, 1.54) is 12.1 Å². The fraction of sp³-hybridized carbons (Fsp3) is 0.421. The number of hydrogen-bond donors (Lipinski definition) is 2. The van der Waals surface area contributed by atoms with Crippen molar-refractivity contribution in [3.63, 3.8) is 0 Å². The van der Waals surface area contributed by atoms with E-state index in [9.17, 15) is 22.8 Å². The van der Waals surface area contributed by atoms with E-state index < -0.39 is 39.6 Å². The number of benzene rings is 1. The molecule has 9 nitrogen and oxygen atoms in total. The molecule has 0 saturated carbocycles. The number of sulfone groups is 1. The van der Waals surface area contributed by atoms with Crippen LogP contribution in [0.25, 0.3) is 0 Å². The van der Waals surface area contributed by atoms with Crippen LogP contribution >= 0.6 is 0 Å². The molecule has 158 valence electrons. The molecule has 0 bridgehead atoms. The molecule has 0 unspecified atom stereocenters. The molecule has 29 heavy (non-hydrogen) atoms. The number of carbonyl (C=O) groups is 3. The highest BCUT2D eigenvalue weighted by molar-refractivity contribution is 7.91. The molecule has 1 atom stereocenters. The van der Waals surface area contributed by atoms with Crippen LogP contribution in [0.2, 0.25) is 0 Å². The number of ether oxygens (including phenoxy) is 2. The Morgan fingerprint density at radius 1 is 1.14 bits per heavy atom. The van der Waals surface area contributed by atoms with Crippen molar-refractivity contribution in [2.45, 2.75) is 38.1 Å². The van der Waals surface area contributed by atoms with Crippen LogP contribution < -0.4 is 10.6 Å². The maximum atomic E-state index is 12.3. The minimum atomic E-state index is -3.63. The van der Waals surface area contributed by atoms with E-state index >= 15 is 0 Å². The Labute approximate surface area is 169 Å². The van der Waals surface area contributed by atoms with E-state index in [2.05, 4.69) is 10.6 Å². The molecule has 0 aromatic heterocycles. The molecule has 0 saturated heterocycles. The van der Waals surface area contributed by atoms with Crippen molar-refractivity contribution < 1.29 is 32.3 Å². The minimum Gasteiger partial charge on any atom is -0.463 e. The maximum Gasteiger partial charge on any atom is 0.338 e. The highest BCUT2D eigenvalue weighted by atomic mass is 32.2. The lowest BCUT2D eigenvalue weighted by Gasteiger charge is -2.26. The summed E-state index contributed by atoms with van der Waals surface area (Å²) in [6.07, 6.45) is -0.361. The van der Waals surface area contributed by atoms with E-state index in [4.69, 9.17) is 9.47 Å². The molecule has 0 spiro atoms. The second kappa shape index (κ2) is 9.55. The fourth-order valence-corrected chi connectivity index (χ4v) is 3.92. The summed E-state index contributed by atoms with van der Waals surface area (Å²) in [5.74, 6) is -1.82. The van der Waals surface area contributed by atoms with Gasteiger partial charge in [0, 0.05) is 0 Å². The third-order valence-corrected chi connectivity index (χ3v) is 5.93. The molecule has 1 aliphatic rings. The van der Waals surface area contributed by atoms with E-state index in [-0.39, 0.29) is 35.8 Å². The first-order chi connectivity index (χ1) is 13.6. The number of nitrogens with one attached hydrogen (secondary N) is 2. The Kier molecular flexibility index (Phi) is 7.38. The van der Waals surface area contributed by atoms with Crippen LogP contribution in [0.1, 0.15) is 25.8 Å². The van der Waals surface area contributed by atoms with Crippen LogP contribution in [0, 0.1) is 6.92 Å². The fourth-order valence-electron chi connectivity index (χ4n) is 2.70. The normalized spacial score (nSPS) is 16.7. The Balaban J connectivity index is 2.00. The number of esters is 2. The molecule has 0 fully saturated rings. The number of hydrogen-bond acceptors (Lipinski definition) is 7. The molecule has 2 N–H and O–H groups in total. The van der Waals surface area contributed by atoms with Gasteiger partial charge in [-0.15, -0.1) is 0 Å². The largest absolute Gasteiger partial charge is 0.463 e. The van der Waals surface area contributed by atoms with Gasteiger partial charge in [-0.05, 0) is 32.9 Å². The van der Waals surface area contributed by atoms with Crippen LogP contribution in [-0.4, -0.2) is 51.4 Å². The van der Waals surface area contributed by atoms with Gasteiger partial charge in [-0.25, -0.2) is 18.0 Å². The van der Waals surface area contributed by atoms with Gasteiger partial charge in [0.2, 0.25) is 0 Å². The summed E-state index contributed by atoms with van der Waals surface area (Å²) in [4.78, 5) is 35.9. The third kappa shape index (κ3) is 6.05. The highest BCUT2D eigenvalue weighted by Gasteiger charge is 2.30. The second-order valence-electron chi connectivity index (χ2n) is 6.48. The van der Waals surface area contributed by atoms with Gasteiger partial charge in [0.25, 0.3) is 0 Å². The van der Waals surface area contributed by atoms with Gasteiger partial charge in [0.05, 0.1) is 41.0 Å². The van der Waals surface area contributed by atoms with Gasteiger partial charge in [0.1, 0.15) is 6.61 Å². The maximum absolute atomic E-state index is 12.3. The Morgan fingerprint density at radius 2 is 1.79 bits per heavy atom. The van der Waals surface area contributed by atoms with Crippen LogP contribution in [0.15, 0.2) is 40.4 Å². The number of amides is 2. The smallest absolute Gasteiger partial charge is 0.338 e. The molecule has 2 rings (SSSR count). The van der Waals surface area contributed by atoms with Crippen molar-refractivity contribution in [2.75, 3.05) is 19.0 Å². The summed E-state index contributed by atoms with van der Waals surface area (Å²) >= 11 is 0. The SMILES string of the molecule is CCOC(=O)C1=C(COC(=O)CCS(=O)(=O)c2ccc(C)cc2)NC(=O)N[C@H]1C. The molecule has 10 heteroatoms. The number of urea groups is 1. The van der Waals surface area contributed by atoms with Crippen LogP contribution in [-0.2, 0) is 28.9 Å². The van der Waals surface area contributed by atoms with Gasteiger partial charge < -0.3 is 20.1 Å². The summed E-state index contributed by atoms with van der Waals surface area (Å²) < 4.78 is 34.7. The summed E-state index contributed by atoms with van der Waals surface area (Å²) in [5, 5.41) is 4.95. The van der Waals surface area contributed by atoms with Crippen molar-refractivity contribution in [1.29, 1.82) is 0 Å². The summed E-state index contributed by atoms with van der Waals surface area (Å²) in [6.45, 7) is 4.85. The second-order valence-corrected chi connectivity index (χ2v) is 8.58. The predicted octanol–water partition coefficient (Wildman–Crippen LogP) is 1.22. The monoisotopic (exact) mass is 424 g/mol. The van der Waals surface area contributed by atoms with Gasteiger partial charge in [-0.1, -0.05) is 17.7 Å². The minimum absolute atomic E-state index is 0.106. The lowest BCUT2D eigenvalue weighted by molar-refractivity contribution is -0.143. The van der Waals surface area contributed by atoms with Gasteiger partial charge in [-0.2, -0.15) is 0 Å². The van der Waals surface area contributed by atoms with Gasteiger partial charge >= 0.3 is 18.0 Å². The van der Waals surface area contributed by atoms with Crippen molar-refractivity contribution in [3.8, 4) is 0 Å². The Hall–Kier alpha value is -2.88. The van der Waals surface area contributed by atoms with Crippen LogP contribution in [0.3, 0.4) is 0 Å². The number of rotatable bonds is 8. The highest BCUT2D eigenvalue weighted by Crippen LogP contribution is 2.16. The molecule has 1 heterocycles. The van der Waals surface area contributed by atoms with E-state index in [0.717, 1.165) is 5.56 Å². The number of carbonyl (C=O) groups excluding carboxylic acids is 3. The first kappa shape index (κ1) is 22.4. The van der Waals surface area contributed by atoms with Crippen molar-refractivity contribution in [1.82, 2.24) is 10.6 Å². The lowest BCUT2D eigenvalue weighted by atomic mass is 10.0. The summed E-state index contributed by atoms with van der Waals surface area (Å²) in [6, 6.07) is 5.15. The Morgan fingerprint density at radius 3 is 2.41 bits per heavy atom. The van der Waals surface area contributed by atoms with E-state index in [1.54, 1.807) is 26.0 Å². The summed E-state index contributed by atoms with van der Waals surface area (Å²) in [5.41, 5.74) is 1.17. The van der Waals surface area contributed by atoms with Crippen molar-refractivity contribution >= 4 is 27.8 Å². The molecular formula is C19H24N2O7S. The molecule has 0 aliphatic carbocycles. The van der Waals surface area contributed by atoms with Crippen LogP contribution in [0.4, 0.5) is 4.79 Å². The zero-order valence-corrected chi connectivity index (χ0v) is 17.3. The first-order valence-corrected chi connectivity index (χ1v) is 10.7. The average molecular weight is 424 g/mol. The van der Waals surface area contributed by atoms with E-state index in [0.29, 0.717) is 0 Å². The first-order valence-electron chi connectivity index (χ1n) is 9.06. The zero-order valence-electron chi connectivity index (χ0n) is 16.5. The Bertz CT molecular complexity index is 920. The van der Waals surface area contributed by atoms with Crippen LogP contribution in [0.5, 0.6) is 0 Å². The van der Waals surface area contributed by atoms with Gasteiger partial charge in [-0.3, -0.25) is 4.79 Å². The molecule has 1 aromatic rings. The standard InChI is InChI=1S/C19H24N2O7S/c1-4-27-18(23)17-13(3)20-19(24)21-15(17)11-28-16(22)9-10-29(25,26)14-7-5-12(2)6-8-14/h5-8,13H,4,9-11H2,1-3H3,(H2,20,21,24)/t13-/m0/s1. The molecule has 1 aliphatic heterocycles. The van der Waals surface area contributed by atoms with Crippen molar-refractivity contribution in [2.24, 2.45) is 0 Å². The lowest BCUT2D eigenvalue weighted by Crippen LogP contribution is -2.50. The molecule has 1 aromatic carbocycles. The topological polar surface area (TPSA) is 128 Å². The third-order valence-electron chi connectivity index (χ3n) is 4.20.